The zero-order valence-electron chi connectivity index (χ0n) is 16.5. The Balaban J connectivity index is 1.45. The van der Waals surface area contributed by atoms with E-state index in [1.165, 1.54) is 13.2 Å². The Labute approximate surface area is 160 Å². The van der Waals surface area contributed by atoms with Gasteiger partial charge in [0.15, 0.2) is 11.6 Å². The molecule has 2 aliphatic rings. The zero-order valence-corrected chi connectivity index (χ0v) is 16.5. The first-order valence-corrected chi connectivity index (χ1v) is 9.60. The number of amides is 2. The van der Waals surface area contributed by atoms with Crippen LogP contribution in [0.3, 0.4) is 0 Å². The molecule has 3 rings (SSSR count). The molecule has 0 atom stereocenters. The molecule has 2 fully saturated rings. The van der Waals surface area contributed by atoms with Gasteiger partial charge in [-0.1, -0.05) is 6.07 Å². The van der Waals surface area contributed by atoms with Gasteiger partial charge < -0.3 is 19.7 Å². The van der Waals surface area contributed by atoms with Crippen LogP contribution < -0.4 is 10.1 Å². The average Bonchev–Trinajstić information content (AvgIpc) is 2.63. The molecule has 2 saturated heterocycles. The number of benzene rings is 1. The quantitative estimate of drug-likeness (QED) is 0.874. The number of carbonyl (C=O) groups excluding carboxylic acids is 1. The van der Waals surface area contributed by atoms with Crippen LogP contribution >= 0.6 is 0 Å². The number of halogens is 1. The van der Waals surface area contributed by atoms with Crippen LogP contribution in [0.25, 0.3) is 0 Å². The maximum absolute atomic E-state index is 13.8. The van der Waals surface area contributed by atoms with Crippen molar-refractivity contribution in [1.29, 1.82) is 0 Å². The summed E-state index contributed by atoms with van der Waals surface area (Å²) < 4.78 is 24.5. The van der Waals surface area contributed by atoms with Crippen molar-refractivity contribution in [2.24, 2.45) is 0 Å². The number of likely N-dealkylation sites (tertiary alicyclic amines) is 1. The standard InChI is InChI=1S/C20H30FN3O3/c1-20(2)14-24(10-11-27-20)19(25)22-16-6-8-23(9-7-16)13-15-4-5-18(26-3)17(21)12-15/h4-5,12,16H,6-11,13-14H2,1-3H3,(H,22,25). The molecule has 27 heavy (non-hydrogen) atoms. The predicted molar refractivity (Wildman–Crippen MR) is 101 cm³/mol. The minimum absolute atomic E-state index is 0.00190. The molecule has 6 nitrogen and oxygen atoms in total. The van der Waals surface area contributed by atoms with E-state index in [1.807, 2.05) is 24.8 Å². The van der Waals surface area contributed by atoms with Crippen LogP contribution in [0, 0.1) is 5.82 Å². The molecule has 0 bridgehead atoms. The van der Waals surface area contributed by atoms with Gasteiger partial charge in [-0.05, 0) is 44.4 Å². The van der Waals surface area contributed by atoms with E-state index in [2.05, 4.69) is 10.2 Å². The number of urea groups is 1. The van der Waals surface area contributed by atoms with Gasteiger partial charge in [-0.15, -0.1) is 0 Å². The number of hydrogen-bond donors (Lipinski definition) is 1. The van der Waals surface area contributed by atoms with E-state index in [9.17, 15) is 9.18 Å². The third kappa shape index (κ3) is 5.32. The molecule has 0 radical (unpaired) electrons. The van der Waals surface area contributed by atoms with Crippen molar-refractivity contribution in [3.05, 3.63) is 29.6 Å². The maximum atomic E-state index is 13.8. The summed E-state index contributed by atoms with van der Waals surface area (Å²) in [6.45, 7) is 8.31. The molecule has 1 N–H and O–H groups in total. The van der Waals surface area contributed by atoms with Gasteiger partial charge in [-0.2, -0.15) is 0 Å². The first-order chi connectivity index (χ1) is 12.9. The summed E-state index contributed by atoms with van der Waals surface area (Å²) in [4.78, 5) is 16.7. The number of hydrogen-bond acceptors (Lipinski definition) is 4. The van der Waals surface area contributed by atoms with Crippen LogP contribution in [0.1, 0.15) is 32.3 Å². The molecule has 150 valence electrons. The van der Waals surface area contributed by atoms with Gasteiger partial charge in [-0.3, -0.25) is 4.90 Å². The maximum Gasteiger partial charge on any atom is 0.317 e. The van der Waals surface area contributed by atoms with E-state index in [1.54, 1.807) is 6.07 Å². The van der Waals surface area contributed by atoms with Crippen LogP contribution in [0.15, 0.2) is 18.2 Å². The highest BCUT2D eigenvalue weighted by molar-refractivity contribution is 5.74. The van der Waals surface area contributed by atoms with Crippen LogP contribution in [-0.4, -0.2) is 67.4 Å². The summed E-state index contributed by atoms with van der Waals surface area (Å²) in [6.07, 6.45) is 1.80. The van der Waals surface area contributed by atoms with Gasteiger partial charge in [0.05, 0.1) is 25.9 Å². The predicted octanol–water partition coefficient (Wildman–Crippen LogP) is 2.62. The SMILES string of the molecule is COc1ccc(CN2CCC(NC(=O)N3CCOC(C)(C)C3)CC2)cc1F. The van der Waals surface area contributed by atoms with Gasteiger partial charge in [0, 0.05) is 32.2 Å². The summed E-state index contributed by atoms with van der Waals surface area (Å²) in [5.74, 6) is -0.0583. The molecule has 2 amide bonds. The zero-order chi connectivity index (χ0) is 19.4. The molecule has 0 spiro atoms. The number of nitrogens with zero attached hydrogens (tertiary/aromatic N) is 2. The Morgan fingerprint density at radius 3 is 2.70 bits per heavy atom. The minimum atomic E-state index is -0.328. The van der Waals surface area contributed by atoms with Crippen molar-refractivity contribution in [1.82, 2.24) is 15.1 Å². The van der Waals surface area contributed by atoms with Crippen molar-refractivity contribution in [2.45, 2.75) is 44.9 Å². The second-order valence-electron chi connectivity index (χ2n) is 8.00. The Hall–Kier alpha value is -1.86. The topological polar surface area (TPSA) is 54.0 Å². The number of rotatable bonds is 4. The summed E-state index contributed by atoms with van der Waals surface area (Å²) >= 11 is 0. The second kappa shape index (κ2) is 8.44. The number of morpholine rings is 1. The summed E-state index contributed by atoms with van der Waals surface area (Å²) in [6, 6.07) is 5.29. The minimum Gasteiger partial charge on any atom is -0.494 e. The molecule has 0 unspecified atom stereocenters. The normalized spacial score (nSPS) is 21.1. The van der Waals surface area contributed by atoms with Crippen molar-refractivity contribution in [3.63, 3.8) is 0 Å². The number of ether oxygens (including phenoxy) is 2. The highest BCUT2D eigenvalue weighted by Gasteiger charge is 2.31. The molecule has 1 aromatic rings. The van der Waals surface area contributed by atoms with E-state index in [0.717, 1.165) is 31.5 Å². The van der Waals surface area contributed by atoms with Crippen molar-refractivity contribution >= 4 is 6.03 Å². The first kappa shape index (κ1) is 19.9. The van der Waals surface area contributed by atoms with Gasteiger partial charge >= 0.3 is 6.03 Å². The Morgan fingerprint density at radius 2 is 2.07 bits per heavy atom. The smallest absolute Gasteiger partial charge is 0.317 e. The molecule has 7 heteroatoms. The summed E-state index contributed by atoms with van der Waals surface area (Å²) in [5.41, 5.74) is 0.651. The second-order valence-corrected chi connectivity index (χ2v) is 8.00. The summed E-state index contributed by atoms with van der Waals surface area (Å²) in [7, 11) is 1.47. The number of piperidine rings is 1. The van der Waals surface area contributed by atoms with Crippen LogP contribution in [-0.2, 0) is 11.3 Å². The van der Waals surface area contributed by atoms with E-state index in [-0.39, 0.29) is 29.2 Å². The van der Waals surface area contributed by atoms with Crippen LogP contribution in [0.2, 0.25) is 0 Å². The Kier molecular flexibility index (Phi) is 6.22. The highest BCUT2D eigenvalue weighted by Crippen LogP contribution is 2.21. The fourth-order valence-electron chi connectivity index (χ4n) is 3.76. The third-order valence-corrected chi connectivity index (χ3v) is 5.25. The fourth-order valence-corrected chi connectivity index (χ4v) is 3.76. The molecular formula is C20H30FN3O3. The highest BCUT2D eigenvalue weighted by atomic mass is 19.1. The van der Waals surface area contributed by atoms with Gasteiger partial charge in [0.2, 0.25) is 0 Å². The van der Waals surface area contributed by atoms with Gasteiger partial charge in [-0.25, -0.2) is 9.18 Å². The average molecular weight is 379 g/mol. The Bertz CT molecular complexity index is 660. The molecule has 1 aromatic carbocycles. The lowest BCUT2D eigenvalue weighted by Gasteiger charge is -2.39. The lowest BCUT2D eigenvalue weighted by atomic mass is 10.0. The number of carbonyl (C=O) groups is 1. The van der Waals surface area contributed by atoms with Crippen molar-refractivity contribution < 1.29 is 18.7 Å². The van der Waals surface area contributed by atoms with E-state index >= 15 is 0 Å². The molecule has 0 aliphatic carbocycles. The van der Waals surface area contributed by atoms with E-state index in [4.69, 9.17) is 9.47 Å². The number of methoxy groups -OCH3 is 1. The van der Waals surface area contributed by atoms with Crippen molar-refractivity contribution in [3.8, 4) is 5.75 Å². The first-order valence-electron chi connectivity index (χ1n) is 9.60. The molecule has 2 aliphatic heterocycles. The van der Waals surface area contributed by atoms with Crippen molar-refractivity contribution in [2.75, 3.05) is 39.9 Å². The Morgan fingerprint density at radius 1 is 1.33 bits per heavy atom. The van der Waals surface area contributed by atoms with Gasteiger partial charge in [0.1, 0.15) is 0 Å². The van der Waals surface area contributed by atoms with E-state index < -0.39 is 0 Å². The molecule has 0 saturated carbocycles. The third-order valence-electron chi connectivity index (χ3n) is 5.25. The molecular weight excluding hydrogens is 349 g/mol. The summed E-state index contributed by atoms with van der Waals surface area (Å²) in [5, 5.41) is 3.16. The van der Waals surface area contributed by atoms with Gasteiger partial charge in [0.25, 0.3) is 0 Å². The molecule has 0 aromatic heterocycles. The number of nitrogens with one attached hydrogen (secondary N) is 1. The largest absolute Gasteiger partial charge is 0.494 e. The monoisotopic (exact) mass is 379 g/mol. The fraction of sp³-hybridized carbons (Fsp3) is 0.650. The van der Waals surface area contributed by atoms with Crippen LogP contribution in [0.4, 0.5) is 9.18 Å². The lowest BCUT2D eigenvalue weighted by molar-refractivity contribution is -0.0736. The lowest BCUT2D eigenvalue weighted by Crippen LogP contribution is -2.56. The molecule has 2 heterocycles. The van der Waals surface area contributed by atoms with Crippen LogP contribution in [0.5, 0.6) is 5.75 Å². The van der Waals surface area contributed by atoms with E-state index in [0.29, 0.717) is 26.2 Å².